The van der Waals surface area contributed by atoms with Crippen LogP contribution < -0.4 is 11.1 Å². The van der Waals surface area contributed by atoms with Crippen molar-refractivity contribution in [1.82, 2.24) is 4.90 Å². The normalized spacial score (nSPS) is 16.8. The Morgan fingerprint density at radius 2 is 1.89 bits per heavy atom. The SMILES string of the molecule is Nc1ccc(NCCN2CCCC2)cc1C(F)(F)F. The van der Waals surface area contributed by atoms with Crippen LogP contribution in [-0.4, -0.2) is 31.1 Å². The highest BCUT2D eigenvalue weighted by atomic mass is 19.4. The van der Waals surface area contributed by atoms with Gasteiger partial charge in [0, 0.05) is 24.5 Å². The summed E-state index contributed by atoms with van der Waals surface area (Å²) in [6.45, 7) is 3.65. The van der Waals surface area contributed by atoms with Crippen LogP contribution in [0.4, 0.5) is 24.5 Å². The Morgan fingerprint density at radius 1 is 1.21 bits per heavy atom. The van der Waals surface area contributed by atoms with Gasteiger partial charge in [-0.05, 0) is 44.1 Å². The quantitative estimate of drug-likeness (QED) is 0.829. The smallest absolute Gasteiger partial charge is 0.398 e. The van der Waals surface area contributed by atoms with Gasteiger partial charge in [-0.1, -0.05) is 0 Å². The number of rotatable bonds is 4. The highest BCUT2D eigenvalue weighted by molar-refractivity contribution is 5.58. The molecule has 6 heteroatoms. The van der Waals surface area contributed by atoms with Gasteiger partial charge >= 0.3 is 6.18 Å². The Kier molecular flexibility index (Phi) is 4.19. The second kappa shape index (κ2) is 5.69. The van der Waals surface area contributed by atoms with Gasteiger partial charge in [0.1, 0.15) is 0 Å². The molecule has 106 valence electrons. The summed E-state index contributed by atoms with van der Waals surface area (Å²) in [6.07, 6.45) is -1.99. The summed E-state index contributed by atoms with van der Waals surface area (Å²) < 4.78 is 38.0. The lowest BCUT2D eigenvalue weighted by Crippen LogP contribution is -2.26. The van der Waals surface area contributed by atoms with E-state index in [1.165, 1.54) is 18.9 Å². The van der Waals surface area contributed by atoms with E-state index in [1.807, 2.05) is 0 Å². The Labute approximate surface area is 110 Å². The minimum Gasteiger partial charge on any atom is -0.398 e. The summed E-state index contributed by atoms with van der Waals surface area (Å²) in [5, 5.41) is 3.01. The van der Waals surface area contributed by atoms with E-state index in [2.05, 4.69) is 10.2 Å². The Hall–Kier alpha value is -1.43. The molecule has 19 heavy (non-hydrogen) atoms. The van der Waals surface area contributed by atoms with E-state index >= 15 is 0 Å². The van der Waals surface area contributed by atoms with Crippen molar-refractivity contribution < 1.29 is 13.2 Å². The minimum atomic E-state index is -4.41. The van der Waals surface area contributed by atoms with Crippen molar-refractivity contribution in [3.63, 3.8) is 0 Å². The van der Waals surface area contributed by atoms with E-state index in [0.29, 0.717) is 12.2 Å². The first kappa shape index (κ1) is 14.0. The fourth-order valence-electron chi connectivity index (χ4n) is 2.28. The number of halogens is 3. The topological polar surface area (TPSA) is 41.3 Å². The number of nitrogens with zero attached hydrogens (tertiary/aromatic N) is 1. The fraction of sp³-hybridized carbons (Fsp3) is 0.538. The molecule has 1 heterocycles. The Bertz CT molecular complexity index is 426. The molecular weight excluding hydrogens is 255 g/mol. The summed E-state index contributed by atoms with van der Waals surface area (Å²) in [5.41, 5.74) is 4.79. The minimum absolute atomic E-state index is 0.238. The number of nitrogen functional groups attached to an aromatic ring is 1. The maximum atomic E-state index is 12.7. The van der Waals surface area contributed by atoms with Crippen molar-refractivity contribution in [2.24, 2.45) is 0 Å². The van der Waals surface area contributed by atoms with Crippen LogP contribution in [0.15, 0.2) is 18.2 Å². The van der Waals surface area contributed by atoms with Crippen LogP contribution in [0.2, 0.25) is 0 Å². The maximum absolute atomic E-state index is 12.7. The number of benzene rings is 1. The molecule has 0 unspecified atom stereocenters. The molecule has 1 fully saturated rings. The van der Waals surface area contributed by atoms with E-state index in [1.54, 1.807) is 6.07 Å². The van der Waals surface area contributed by atoms with Gasteiger partial charge in [-0.3, -0.25) is 0 Å². The molecule has 0 amide bonds. The number of anilines is 2. The molecular formula is C13H18F3N3. The van der Waals surface area contributed by atoms with Gasteiger partial charge in [-0.15, -0.1) is 0 Å². The monoisotopic (exact) mass is 273 g/mol. The highest BCUT2D eigenvalue weighted by Gasteiger charge is 2.33. The molecule has 1 saturated heterocycles. The lowest BCUT2D eigenvalue weighted by Gasteiger charge is -2.16. The van der Waals surface area contributed by atoms with Crippen molar-refractivity contribution in [3.8, 4) is 0 Å². The van der Waals surface area contributed by atoms with Gasteiger partial charge in [0.2, 0.25) is 0 Å². The molecule has 2 rings (SSSR count). The van der Waals surface area contributed by atoms with Crippen molar-refractivity contribution in [2.45, 2.75) is 19.0 Å². The average Bonchev–Trinajstić information content (AvgIpc) is 2.83. The summed E-state index contributed by atoms with van der Waals surface area (Å²) in [6, 6.07) is 3.94. The standard InChI is InChI=1S/C13H18F3N3/c14-13(15,16)11-9-10(3-4-12(11)17)18-5-8-19-6-1-2-7-19/h3-4,9,18H,1-2,5-8,17H2. The van der Waals surface area contributed by atoms with Crippen LogP contribution in [0.5, 0.6) is 0 Å². The second-order valence-electron chi connectivity index (χ2n) is 4.78. The van der Waals surface area contributed by atoms with E-state index in [9.17, 15) is 13.2 Å². The predicted molar refractivity (Wildman–Crippen MR) is 70.0 cm³/mol. The molecule has 0 radical (unpaired) electrons. The molecule has 1 aliphatic heterocycles. The van der Waals surface area contributed by atoms with Crippen LogP contribution in [0.25, 0.3) is 0 Å². The van der Waals surface area contributed by atoms with E-state index in [-0.39, 0.29) is 5.69 Å². The van der Waals surface area contributed by atoms with Gasteiger partial charge in [0.15, 0.2) is 0 Å². The molecule has 1 aromatic rings. The lowest BCUT2D eigenvalue weighted by molar-refractivity contribution is -0.136. The van der Waals surface area contributed by atoms with Crippen LogP contribution in [-0.2, 0) is 6.18 Å². The first-order valence-electron chi connectivity index (χ1n) is 6.40. The van der Waals surface area contributed by atoms with E-state index < -0.39 is 11.7 Å². The summed E-state index contributed by atoms with van der Waals surface area (Å²) in [7, 11) is 0. The van der Waals surface area contributed by atoms with Crippen LogP contribution in [0.3, 0.4) is 0 Å². The van der Waals surface area contributed by atoms with Crippen molar-refractivity contribution in [3.05, 3.63) is 23.8 Å². The molecule has 1 aliphatic rings. The molecule has 0 atom stereocenters. The van der Waals surface area contributed by atoms with Crippen molar-refractivity contribution in [2.75, 3.05) is 37.2 Å². The molecule has 3 nitrogen and oxygen atoms in total. The largest absolute Gasteiger partial charge is 0.418 e. The molecule has 0 aliphatic carbocycles. The Balaban J connectivity index is 1.93. The van der Waals surface area contributed by atoms with Crippen molar-refractivity contribution >= 4 is 11.4 Å². The molecule has 0 bridgehead atoms. The number of nitrogens with two attached hydrogens (primary N) is 1. The first-order valence-corrected chi connectivity index (χ1v) is 6.40. The maximum Gasteiger partial charge on any atom is 0.418 e. The van der Waals surface area contributed by atoms with Crippen molar-refractivity contribution in [1.29, 1.82) is 0 Å². The van der Waals surface area contributed by atoms with Gasteiger partial charge in [-0.25, -0.2) is 0 Å². The summed E-state index contributed by atoms with van der Waals surface area (Å²) >= 11 is 0. The van der Waals surface area contributed by atoms with Crippen LogP contribution >= 0.6 is 0 Å². The summed E-state index contributed by atoms with van der Waals surface area (Å²) in [4.78, 5) is 2.30. The lowest BCUT2D eigenvalue weighted by atomic mass is 10.1. The Morgan fingerprint density at radius 3 is 2.53 bits per heavy atom. The fourth-order valence-corrected chi connectivity index (χ4v) is 2.28. The zero-order valence-electron chi connectivity index (χ0n) is 10.6. The van der Waals surface area contributed by atoms with Crippen LogP contribution in [0, 0.1) is 0 Å². The van der Waals surface area contributed by atoms with E-state index in [4.69, 9.17) is 5.73 Å². The molecule has 3 N–H and O–H groups in total. The number of hydrogen-bond donors (Lipinski definition) is 2. The second-order valence-corrected chi connectivity index (χ2v) is 4.78. The van der Waals surface area contributed by atoms with Gasteiger partial charge in [0.05, 0.1) is 5.56 Å². The third-order valence-electron chi connectivity index (χ3n) is 3.31. The van der Waals surface area contributed by atoms with Gasteiger partial charge in [-0.2, -0.15) is 13.2 Å². The molecule has 0 saturated carbocycles. The molecule has 0 spiro atoms. The molecule has 0 aromatic heterocycles. The number of hydrogen-bond acceptors (Lipinski definition) is 3. The zero-order chi connectivity index (χ0) is 13.9. The zero-order valence-corrected chi connectivity index (χ0v) is 10.6. The van der Waals surface area contributed by atoms with Gasteiger partial charge < -0.3 is 16.0 Å². The summed E-state index contributed by atoms with van der Waals surface area (Å²) in [5.74, 6) is 0. The average molecular weight is 273 g/mol. The molecule has 1 aromatic carbocycles. The van der Waals surface area contributed by atoms with E-state index in [0.717, 1.165) is 25.7 Å². The third kappa shape index (κ3) is 3.76. The first-order chi connectivity index (χ1) is 8.97. The van der Waals surface area contributed by atoms with Crippen LogP contribution in [0.1, 0.15) is 18.4 Å². The third-order valence-corrected chi connectivity index (χ3v) is 3.31. The highest BCUT2D eigenvalue weighted by Crippen LogP contribution is 2.35. The number of likely N-dealkylation sites (tertiary alicyclic amines) is 1. The predicted octanol–water partition coefficient (Wildman–Crippen LogP) is 2.80. The number of alkyl halides is 3. The number of nitrogens with one attached hydrogen (secondary N) is 1. The van der Waals surface area contributed by atoms with Gasteiger partial charge in [0.25, 0.3) is 0 Å².